The van der Waals surface area contributed by atoms with Crippen LogP contribution in [-0.4, -0.2) is 15.0 Å². The zero-order chi connectivity index (χ0) is 39.0. The Bertz CT molecular complexity index is 3530. The van der Waals surface area contributed by atoms with Crippen molar-refractivity contribution in [1.29, 1.82) is 5.26 Å². The first-order chi connectivity index (χ1) is 29.2. The van der Waals surface area contributed by atoms with Gasteiger partial charge in [0.05, 0.1) is 11.6 Å². The number of hydrogen-bond acceptors (Lipinski definition) is 5. The third kappa shape index (κ3) is 5.07. The molecule has 12 rings (SSSR count). The monoisotopic (exact) mass is 750 g/mol. The number of nitrogens with zero attached hydrogens (tertiary/aromatic N) is 4. The van der Waals surface area contributed by atoms with E-state index in [1.807, 2.05) is 72.8 Å². The summed E-state index contributed by atoms with van der Waals surface area (Å²) in [4.78, 5) is 15.6. The first-order valence-corrected chi connectivity index (χ1v) is 19.7. The maximum Gasteiger partial charge on any atom is 0.164 e. The molecular formula is C54H30N4O. The molecule has 1 aliphatic rings. The van der Waals surface area contributed by atoms with Gasteiger partial charge in [-0.05, 0) is 96.4 Å². The summed E-state index contributed by atoms with van der Waals surface area (Å²) in [6.07, 6.45) is 0. The number of benzene rings is 9. The van der Waals surface area contributed by atoms with Crippen LogP contribution in [-0.2, 0) is 0 Å². The van der Waals surface area contributed by atoms with Crippen LogP contribution < -0.4 is 0 Å². The van der Waals surface area contributed by atoms with Gasteiger partial charge >= 0.3 is 0 Å². The van der Waals surface area contributed by atoms with Gasteiger partial charge in [-0.1, -0.05) is 152 Å². The Hall–Kier alpha value is -8.20. The quantitative estimate of drug-likeness (QED) is 0.175. The fourth-order valence-electron chi connectivity index (χ4n) is 9.11. The van der Waals surface area contributed by atoms with Gasteiger partial charge in [-0.25, -0.2) is 15.0 Å². The Labute approximate surface area is 339 Å². The highest BCUT2D eigenvalue weighted by molar-refractivity contribution is 6.24. The van der Waals surface area contributed by atoms with E-state index in [1.165, 1.54) is 33.0 Å². The normalized spacial score (nSPS) is 11.7. The Morgan fingerprint density at radius 3 is 1.56 bits per heavy atom. The highest BCUT2D eigenvalue weighted by atomic mass is 16.3. The van der Waals surface area contributed by atoms with Gasteiger partial charge in [0.15, 0.2) is 17.5 Å². The second-order valence-electron chi connectivity index (χ2n) is 15.0. The van der Waals surface area contributed by atoms with Crippen molar-refractivity contribution in [1.82, 2.24) is 15.0 Å². The van der Waals surface area contributed by atoms with Crippen molar-refractivity contribution in [2.75, 3.05) is 0 Å². The Balaban J connectivity index is 1.11. The van der Waals surface area contributed by atoms with Gasteiger partial charge in [0, 0.05) is 27.5 Å². The van der Waals surface area contributed by atoms with Crippen LogP contribution in [0.25, 0.3) is 122 Å². The number of hydrogen-bond donors (Lipinski definition) is 0. The summed E-state index contributed by atoms with van der Waals surface area (Å²) in [7, 11) is 0. The second-order valence-corrected chi connectivity index (χ2v) is 15.0. The lowest BCUT2D eigenvalue weighted by Gasteiger charge is -2.17. The van der Waals surface area contributed by atoms with Crippen molar-refractivity contribution in [3.8, 4) is 84.7 Å². The molecule has 0 bridgehead atoms. The van der Waals surface area contributed by atoms with Gasteiger partial charge in [-0.15, -0.1) is 0 Å². The third-order valence-electron chi connectivity index (χ3n) is 11.8. The molecule has 272 valence electrons. The van der Waals surface area contributed by atoms with E-state index in [-0.39, 0.29) is 0 Å². The molecule has 0 N–H and O–H groups in total. The molecule has 5 nitrogen and oxygen atoms in total. The molecule has 0 atom stereocenters. The molecule has 0 radical (unpaired) electrons. The lowest BCUT2D eigenvalue weighted by atomic mass is 9.86. The molecule has 0 aliphatic heterocycles. The highest BCUT2D eigenvalue weighted by Crippen LogP contribution is 2.52. The maximum absolute atomic E-state index is 9.60. The lowest BCUT2D eigenvalue weighted by Crippen LogP contribution is -2.01. The van der Waals surface area contributed by atoms with Crippen molar-refractivity contribution >= 4 is 43.5 Å². The number of nitriles is 1. The summed E-state index contributed by atoms with van der Waals surface area (Å²) in [6.45, 7) is 0. The van der Waals surface area contributed by atoms with Gasteiger partial charge in [-0.2, -0.15) is 5.26 Å². The minimum atomic E-state index is 0.582. The number of para-hydroxylation sites is 1. The van der Waals surface area contributed by atoms with E-state index in [0.717, 1.165) is 71.7 Å². The van der Waals surface area contributed by atoms with Crippen LogP contribution in [0.15, 0.2) is 186 Å². The SMILES string of the molecule is N#Cc1ccc(-c2ccc3c4c(ccc(-c5ccc(-c6nc(-c7ccccc7)nc(-c7cccc8oc9ccccc9c78)n6)c6ccccc56)c24)-c2ccccc2-3)cc1. The minimum absolute atomic E-state index is 0.582. The van der Waals surface area contributed by atoms with Crippen molar-refractivity contribution in [2.24, 2.45) is 0 Å². The smallest absolute Gasteiger partial charge is 0.164 e. The molecule has 2 heterocycles. The van der Waals surface area contributed by atoms with Crippen molar-refractivity contribution < 1.29 is 4.42 Å². The van der Waals surface area contributed by atoms with Crippen LogP contribution in [0, 0.1) is 11.3 Å². The van der Waals surface area contributed by atoms with Crippen LogP contribution in [0.5, 0.6) is 0 Å². The molecule has 0 fully saturated rings. The first kappa shape index (κ1) is 33.0. The summed E-state index contributed by atoms with van der Waals surface area (Å²) in [5.41, 5.74) is 14.4. The van der Waals surface area contributed by atoms with Crippen molar-refractivity contribution in [3.63, 3.8) is 0 Å². The van der Waals surface area contributed by atoms with Crippen molar-refractivity contribution in [2.45, 2.75) is 0 Å². The summed E-state index contributed by atoms with van der Waals surface area (Å²) in [6, 6.07) is 65.2. The van der Waals surface area contributed by atoms with Crippen LogP contribution in [0.1, 0.15) is 5.56 Å². The largest absolute Gasteiger partial charge is 0.456 e. The van der Waals surface area contributed by atoms with E-state index >= 15 is 0 Å². The van der Waals surface area contributed by atoms with Gasteiger partial charge in [-0.3, -0.25) is 0 Å². The van der Waals surface area contributed by atoms with E-state index in [2.05, 4.69) is 115 Å². The standard InChI is InChI=1S/C54H30N4O/c55-31-32-21-23-33(24-22-32)35-25-27-41-37-14-5-6-15-38(37)42-28-29-43(50(35)51(41)42)40-26-30-44(39-16-7-4-13-36(39)40)53-56-52(34-11-2-1-3-12-34)57-54(58-53)46-18-10-20-48-49(46)45-17-8-9-19-47(45)59-48/h1-30H. The average molecular weight is 751 g/mol. The van der Waals surface area contributed by atoms with Crippen LogP contribution in [0.3, 0.4) is 0 Å². The molecule has 0 spiro atoms. The predicted octanol–water partition coefficient (Wildman–Crippen LogP) is 13.9. The molecule has 0 saturated heterocycles. The molecule has 11 aromatic rings. The maximum atomic E-state index is 9.60. The molecule has 9 aromatic carbocycles. The summed E-state index contributed by atoms with van der Waals surface area (Å²) in [5, 5.41) is 16.2. The number of aromatic nitrogens is 3. The molecule has 59 heavy (non-hydrogen) atoms. The minimum Gasteiger partial charge on any atom is -0.456 e. The fraction of sp³-hybridized carbons (Fsp3) is 0. The summed E-state index contributed by atoms with van der Waals surface area (Å²) >= 11 is 0. The van der Waals surface area contributed by atoms with Gasteiger partial charge < -0.3 is 4.42 Å². The van der Waals surface area contributed by atoms with Gasteiger partial charge in [0.2, 0.25) is 0 Å². The topological polar surface area (TPSA) is 75.6 Å². The third-order valence-corrected chi connectivity index (χ3v) is 11.8. The highest BCUT2D eigenvalue weighted by Gasteiger charge is 2.26. The number of rotatable bonds is 5. The molecule has 0 saturated carbocycles. The summed E-state index contributed by atoms with van der Waals surface area (Å²) < 4.78 is 6.29. The van der Waals surface area contributed by atoms with E-state index in [4.69, 9.17) is 19.4 Å². The first-order valence-electron chi connectivity index (χ1n) is 19.7. The summed E-state index contributed by atoms with van der Waals surface area (Å²) in [5.74, 6) is 1.77. The van der Waals surface area contributed by atoms with Gasteiger partial charge in [0.25, 0.3) is 0 Å². The second kappa shape index (κ2) is 12.9. The molecule has 1 aliphatic carbocycles. The van der Waals surface area contributed by atoms with Gasteiger partial charge in [0.1, 0.15) is 11.2 Å². The number of fused-ring (bicyclic) bond motifs is 7. The molecular weight excluding hydrogens is 721 g/mol. The number of furan rings is 1. The Morgan fingerprint density at radius 1 is 0.322 bits per heavy atom. The Kier molecular flexibility index (Phi) is 7.22. The van der Waals surface area contributed by atoms with Crippen molar-refractivity contribution in [3.05, 3.63) is 188 Å². The van der Waals surface area contributed by atoms with Crippen LogP contribution in [0.4, 0.5) is 0 Å². The molecule has 5 heteroatoms. The van der Waals surface area contributed by atoms with E-state index in [9.17, 15) is 5.26 Å². The lowest BCUT2D eigenvalue weighted by molar-refractivity contribution is 0.669. The fourth-order valence-corrected chi connectivity index (χ4v) is 9.11. The van der Waals surface area contributed by atoms with Crippen LogP contribution >= 0.6 is 0 Å². The zero-order valence-electron chi connectivity index (χ0n) is 31.5. The predicted molar refractivity (Wildman–Crippen MR) is 238 cm³/mol. The van der Waals surface area contributed by atoms with Crippen LogP contribution in [0.2, 0.25) is 0 Å². The van der Waals surface area contributed by atoms with E-state index < -0.39 is 0 Å². The molecule has 2 aromatic heterocycles. The zero-order valence-corrected chi connectivity index (χ0v) is 31.5. The average Bonchev–Trinajstić information content (AvgIpc) is 3.86. The van der Waals surface area contributed by atoms with E-state index in [0.29, 0.717) is 23.0 Å². The molecule has 0 amide bonds. The van der Waals surface area contributed by atoms with E-state index in [1.54, 1.807) is 0 Å². The Morgan fingerprint density at radius 2 is 0.831 bits per heavy atom. The molecule has 0 unspecified atom stereocenters.